The second-order valence-electron chi connectivity index (χ2n) is 23.7. The number of fused-ring (bicyclic) bond motifs is 8. The third-order valence-electron chi connectivity index (χ3n) is 18.1. The van der Waals surface area contributed by atoms with Crippen LogP contribution in [0.25, 0.3) is 44.5 Å². The molecule has 0 amide bonds. The van der Waals surface area contributed by atoms with Gasteiger partial charge in [0.05, 0.1) is 56.9 Å². The molecular weight excluding hydrogens is 1190 g/mol. The molecule has 13 rings (SSSR count). The van der Waals surface area contributed by atoms with Crippen LogP contribution in [0.4, 0.5) is 68.2 Å². The topological polar surface area (TPSA) is 86.8 Å². The van der Waals surface area contributed by atoms with Crippen LogP contribution in [0.15, 0.2) is 243 Å². The number of aryl methyl sites for hydroxylation is 4. The van der Waals surface area contributed by atoms with Gasteiger partial charge in [0.2, 0.25) is 0 Å². The maximum Gasteiger partial charge on any atom is 0.121 e. The van der Waals surface area contributed by atoms with Crippen molar-refractivity contribution in [2.24, 2.45) is 0 Å². The Bertz CT molecular complexity index is 4210. The van der Waals surface area contributed by atoms with E-state index in [1.165, 1.54) is 0 Å². The molecule has 0 saturated carbocycles. The van der Waals surface area contributed by atoms with Crippen LogP contribution in [-0.2, 0) is 0 Å². The van der Waals surface area contributed by atoms with E-state index < -0.39 is 0 Å². The Kier molecular flexibility index (Phi) is 17.8. The predicted molar refractivity (Wildman–Crippen MR) is 392 cm³/mol. The molecule has 0 fully saturated rings. The number of methoxy groups -OCH3 is 8. The van der Waals surface area contributed by atoms with E-state index in [4.69, 9.17) is 37.9 Å². The number of benzene rings is 12. The quantitative estimate of drug-likeness (QED) is 0.0728. The summed E-state index contributed by atoms with van der Waals surface area (Å²) in [4.78, 5) is 9.22. The zero-order chi connectivity index (χ0) is 66.7. The Hall–Kier alpha value is -11.8. The number of hydrogen-bond donors (Lipinski definition) is 0. The van der Waals surface area contributed by atoms with Crippen molar-refractivity contribution < 1.29 is 37.9 Å². The van der Waals surface area contributed by atoms with Crippen LogP contribution in [0.1, 0.15) is 22.3 Å². The Labute approximate surface area is 562 Å². The lowest BCUT2D eigenvalue weighted by atomic mass is 9.80. The normalized spacial score (nSPS) is 11.1. The summed E-state index contributed by atoms with van der Waals surface area (Å²) in [5, 5.41) is 0. The van der Waals surface area contributed by atoms with Crippen LogP contribution in [0.3, 0.4) is 0 Å². The fourth-order valence-electron chi connectivity index (χ4n) is 13.2. The van der Waals surface area contributed by atoms with Gasteiger partial charge in [-0.2, -0.15) is 0 Å². The lowest BCUT2D eigenvalue weighted by molar-refractivity contribution is 0.411. The van der Waals surface area contributed by atoms with E-state index in [-0.39, 0.29) is 0 Å². The largest absolute Gasteiger partial charge is 0.497 e. The molecule has 12 aromatic carbocycles. The highest BCUT2D eigenvalue weighted by Gasteiger charge is 2.29. The molecular formula is C84H76N4O8. The maximum atomic E-state index is 5.85. The van der Waals surface area contributed by atoms with Crippen molar-refractivity contribution in [1.29, 1.82) is 0 Å². The Morgan fingerprint density at radius 2 is 0.333 bits per heavy atom. The van der Waals surface area contributed by atoms with Gasteiger partial charge in [0.1, 0.15) is 46.0 Å². The zero-order valence-corrected chi connectivity index (χ0v) is 56.1. The van der Waals surface area contributed by atoms with E-state index in [0.29, 0.717) is 0 Å². The maximum absolute atomic E-state index is 5.85. The molecule has 0 aliphatic heterocycles. The van der Waals surface area contributed by atoms with Crippen LogP contribution < -0.4 is 57.5 Å². The molecule has 0 heterocycles. The van der Waals surface area contributed by atoms with Gasteiger partial charge in [0.15, 0.2) is 0 Å². The number of nitrogens with zero attached hydrogens (tertiary/aromatic N) is 4. The number of ether oxygens (including phenoxy) is 8. The molecule has 12 heteroatoms. The monoisotopic (exact) mass is 1270 g/mol. The summed E-state index contributed by atoms with van der Waals surface area (Å²) in [6, 6.07) is 85.9. The summed E-state index contributed by atoms with van der Waals surface area (Å²) < 4.78 is 46.4. The van der Waals surface area contributed by atoms with Crippen LogP contribution >= 0.6 is 0 Å². The van der Waals surface area contributed by atoms with Crippen molar-refractivity contribution in [2.45, 2.75) is 27.7 Å². The summed E-state index contributed by atoms with van der Waals surface area (Å²) in [6.45, 7) is 8.33. The molecule has 0 saturated heterocycles. The Morgan fingerprint density at radius 1 is 0.167 bits per heavy atom. The van der Waals surface area contributed by atoms with Gasteiger partial charge in [-0.15, -0.1) is 0 Å². The van der Waals surface area contributed by atoms with E-state index in [1.807, 2.05) is 72.8 Å². The molecule has 0 N–H and O–H groups in total. The van der Waals surface area contributed by atoms with Gasteiger partial charge in [0.25, 0.3) is 0 Å². The number of rotatable bonds is 20. The summed E-state index contributed by atoms with van der Waals surface area (Å²) in [6.07, 6.45) is 0. The highest BCUT2D eigenvalue weighted by molar-refractivity contribution is 6.07. The lowest BCUT2D eigenvalue weighted by Gasteiger charge is -2.32. The zero-order valence-electron chi connectivity index (χ0n) is 56.1. The first kappa shape index (κ1) is 63.0. The van der Waals surface area contributed by atoms with Gasteiger partial charge in [-0.25, -0.2) is 0 Å². The Balaban J connectivity index is 1.14. The second kappa shape index (κ2) is 27.1. The second-order valence-corrected chi connectivity index (χ2v) is 23.7. The molecule has 0 spiro atoms. The predicted octanol–water partition coefficient (Wildman–Crippen LogP) is 21.8. The van der Waals surface area contributed by atoms with Crippen molar-refractivity contribution >= 4 is 68.2 Å². The third kappa shape index (κ3) is 12.0. The summed E-state index contributed by atoms with van der Waals surface area (Å²) in [5.41, 5.74) is 23.6. The highest BCUT2D eigenvalue weighted by atomic mass is 16.5. The Morgan fingerprint density at radius 3 is 0.500 bits per heavy atom. The van der Waals surface area contributed by atoms with Crippen LogP contribution in [-0.4, -0.2) is 56.9 Å². The molecule has 1 aliphatic rings. The van der Waals surface area contributed by atoms with Gasteiger partial charge in [0, 0.05) is 68.2 Å². The first-order valence-electron chi connectivity index (χ1n) is 31.8. The van der Waals surface area contributed by atoms with E-state index in [9.17, 15) is 0 Å². The minimum atomic E-state index is 0.759. The highest BCUT2D eigenvalue weighted by Crippen LogP contribution is 2.55. The first-order chi connectivity index (χ1) is 46.8. The summed E-state index contributed by atoms with van der Waals surface area (Å²) in [5.74, 6) is 6.25. The third-order valence-corrected chi connectivity index (χ3v) is 18.1. The molecule has 0 radical (unpaired) electrons. The molecule has 480 valence electrons. The van der Waals surface area contributed by atoms with Gasteiger partial charge < -0.3 is 57.5 Å². The average molecular weight is 1270 g/mol. The molecule has 0 unspecified atom stereocenters. The van der Waals surface area contributed by atoms with E-state index in [0.717, 1.165) is 181 Å². The summed E-state index contributed by atoms with van der Waals surface area (Å²) >= 11 is 0. The minimum Gasteiger partial charge on any atom is -0.497 e. The fourth-order valence-corrected chi connectivity index (χ4v) is 13.2. The van der Waals surface area contributed by atoms with Gasteiger partial charge in [-0.1, -0.05) is 24.3 Å². The molecule has 0 aromatic heterocycles. The first-order valence-corrected chi connectivity index (χ1v) is 31.8. The fraction of sp³-hybridized carbons (Fsp3) is 0.143. The molecule has 0 bridgehead atoms. The van der Waals surface area contributed by atoms with Crippen LogP contribution in [0, 0.1) is 27.7 Å². The molecule has 12 aromatic rings. The molecule has 12 nitrogen and oxygen atoms in total. The van der Waals surface area contributed by atoms with Gasteiger partial charge in [-0.3, -0.25) is 0 Å². The van der Waals surface area contributed by atoms with Crippen molar-refractivity contribution in [3.05, 3.63) is 265 Å². The standard InChI is InChI=1S/C84H76N4O8/c1-53-45-61(25-41-81(53)93-9)85(57-13-29-69(89-5)30-14-57)65-21-37-73-74-38-22-67(87(59-17-33-71(91-7)34-18-59)63-27-43-83(95-11)55(3)47-63)51-79(74)80-52-68(88(60-19-35-72(92-8)36-20-60)64-28-44-84(96-12)56(4)48-64)24-40-76(80)75-39-23-66(50-78(75)77(73)49-65)86(58-15-31-70(90-6)32-16-58)62-26-42-82(94-10)54(2)46-62/h13-52H,1-12H3. The minimum absolute atomic E-state index is 0.759. The van der Waals surface area contributed by atoms with Crippen molar-refractivity contribution in [2.75, 3.05) is 76.5 Å². The molecule has 96 heavy (non-hydrogen) atoms. The van der Waals surface area contributed by atoms with Crippen LogP contribution in [0.5, 0.6) is 46.0 Å². The number of hydrogen-bond acceptors (Lipinski definition) is 12. The van der Waals surface area contributed by atoms with Gasteiger partial charge >= 0.3 is 0 Å². The van der Waals surface area contributed by atoms with E-state index >= 15 is 0 Å². The van der Waals surface area contributed by atoms with E-state index in [1.54, 1.807) is 56.9 Å². The van der Waals surface area contributed by atoms with E-state index in [2.05, 4.69) is 217 Å². The average Bonchev–Trinajstić information content (AvgIpc) is 0.728. The SMILES string of the molecule is COc1ccc(N(c2ccc(OC)c(C)c2)c2ccc3c(c2)-c2cc(N(c4ccc(OC)cc4)c4ccc(OC)c(C)c4)ccc2-c2ccc(N(c4ccc(OC)cc4)c4ccc(OC)c(C)c4)cc2-c2cc(N(c4ccc(OC)cc4)c4ccc(OC)c(C)c4)ccc2-3)cc1. The smallest absolute Gasteiger partial charge is 0.121 e. The van der Waals surface area contributed by atoms with Crippen LogP contribution in [0.2, 0.25) is 0 Å². The van der Waals surface area contributed by atoms with Crippen molar-refractivity contribution in [1.82, 2.24) is 0 Å². The lowest BCUT2D eigenvalue weighted by Crippen LogP contribution is -2.13. The van der Waals surface area contributed by atoms with Crippen molar-refractivity contribution in [3.8, 4) is 90.5 Å². The molecule has 1 aliphatic carbocycles. The van der Waals surface area contributed by atoms with Gasteiger partial charge in [-0.05, 0) is 313 Å². The summed E-state index contributed by atoms with van der Waals surface area (Å²) in [7, 11) is 13.6. The molecule has 0 atom stereocenters. The number of anilines is 12. The van der Waals surface area contributed by atoms with Crippen molar-refractivity contribution in [3.63, 3.8) is 0 Å².